The lowest BCUT2D eigenvalue weighted by molar-refractivity contribution is -0.114. The average Bonchev–Trinajstić information content (AvgIpc) is 2.64. The van der Waals surface area contributed by atoms with Gasteiger partial charge in [0.1, 0.15) is 18.1 Å². The minimum atomic E-state index is -0.132. The van der Waals surface area contributed by atoms with E-state index in [1.54, 1.807) is 6.07 Å². The molecule has 0 aliphatic rings. The van der Waals surface area contributed by atoms with Gasteiger partial charge in [-0.05, 0) is 54.8 Å². The maximum absolute atomic E-state index is 12.2. The average molecular weight is 368 g/mol. The molecule has 0 saturated carbocycles. The van der Waals surface area contributed by atoms with Crippen molar-refractivity contribution >= 4 is 17.3 Å². The number of rotatable bonds is 10. The number of ether oxygens (including phenoxy) is 2. The van der Waals surface area contributed by atoms with Crippen LogP contribution in [0, 0.1) is 5.92 Å². The predicted molar refractivity (Wildman–Crippen MR) is 111 cm³/mol. The summed E-state index contributed by atoms with van der Waals surface area (Å²) in [7, 11) is 0. The third-order valence-electron chi connectivity index (χ3n) is 3.49. The molecule has 5 nitrogen and oxygen atoms in total. The van der Waals surface area contributed by atoms with E-state index in [4.69, 9.17) is 9.47 Å². The summed E-state index contributed by atoms with van der Waals surface area (Å²) in [5.74, 6) is 1.87. The second kappa shape index (κ2) is 10.3. The van der Waals surface area contributed by atoms with Crippen LogP contribution in [-0.4, -0.2) is 25.7 Å². The summed E-state index contributed by atoms with van der Waals surface area (Å²) in [6.07, 6.45) is 0. The zero-order valence-electron chi connectivity index (χ0n) is 16.2. The molecule has 0 fully saturated rings. The van der Waals surface area contributed by atoms with Gasteiger partial charge in [-0.1, -0.05) is 26.5 Å². The molecule has 2 aromatic carbocycles. The van der Waals surface area contributed by atoms with Gasteiger partial charge in [0.25, 0.3) is 0 Å². The van der Waals surface area contributed by atoms with Crippen LogP contribution in [0.15, 0.2) is 60.7 Å². The Labute approximate surface area is 161 Å². The van der Waals surface area contributed by atoms with Gasteiger partial charge >= 0.3 is 0 Å². The number of carbonyl (C=O) groups is 1. The van der Waals surface area contributed by atoms with Gasteiger partial charge in [0, 0.05) is 17.4 Å². The first kappa shape index (κ1) is 20.4. The Morgan fingerprint density at radius 3 is 2.44 bits per heavy atom. The van der Waals surface area contributed by atoms with Crippen molar-refractivity contribution in [3.8, 4) is 11.5 Å². The Hall–Kier alpha value is -2.95. The van der Waals surface area contributed by atoms with Crippen molar-refractivity contribution in [1.82, 2.24) is 0 Å². The first-order chi connectivity index (χ1) is 12.9. The Kier molecular flexibility index (Phi) is 7.74. The fourth-order valence-corrected chi connectivity index (χ4v) is 2.19. The van der Waals surface area contributed by atoms with Crippen LogP contribution in [0.5, 0.6) is 11.5 Å². The second-order valence-electron chi connectivity index (χ2n) is 6.90. The van der Waals surface area contributed by atoms with E-state index in [0.717, 1.165) is 17.0 Å². The molecule has 5 heteroatoms. The molecule has 0 radical (unpaired) electrons. The van der Waals surface area contributed by atoms with Crippen molar-refractivity contribution in [2.24, 2.45) is 5.92 Å². The SMILES string of the molecule is C=C(C)COc1cccc(NC(=O)CNc2ccc(OCC(C)C)cc2)c1. The lowest BCUT2D eigenvalue weighted by atomic mass is 10.2. The number of nitrogens with one attached hydrogen (secondary N) is 2. The quantitative estimate of drug-likeness (QED) is 0.596. The standard InChI is InChI=1S/C22H28N2O3/c1-16(2)14-26-20-10-8-18(9-11-20)23-13-22(25)24-19-6-5-7-21(12-19)27-15-17(3)4/h5-12,16,23H,3,13-15H2,1-2,4H3,(H,24,25). The van der Waals surface area contributed by atoms with Gasteiger partial charge in [-0.2, -0.15) is 0 Å². The van der Waals surface area contributed by atoms with Crippen molar-refractivity contribution in [2.45, 2.75) is 20.8 Å². The first-order valence-electron chi connectivity index (χ1n) is 9.06. The second-order valence-corrected chi connectivity index (χ2v) is 6.90. The highest BCUT2D eigenvalue weighted by Gasteiger charge is 2.04. The molecule has 2 N–H and O–H groups in total. The summed E-state index contributed by atoms with van der Waals surface area (Å²) in [5, 5.41) is 5.96. The van der Waals surface area contributed by atoms with E-state index in [9.17, 15) is 4.79 Å². The summed E-state index contributed by atoms with van der Waals surface area (Å²) >= 11 is 0. The molecule has 0 saturated heterocycles. The zero-order valence-corrected chi connectivity index (χ0v) is 16.2. The summed E-state index contributed by atoms with van der Waals surface area (Å²) in [4.78, 5) is 12.2. The van der Waals surface area contributed by atoms with Crippen LogP contribution in [0.3, 0.4) is 0 Å². The van der Waals surface area contributed by atoms with Gasteiger partial charge in [0.05, 0.1) is 13.2 Å². The van der Waals surface area contributed by atoms with Crippen molar-refractivity contribution in [2.75, 3.05) is 30.4 Å². The third-order valence-corrected chi connectivity index (χ3v) is 3.49. The highest BCUT2D eigenvalue weighted by atomic mass is 16.5. The number of anilines is 2. The molecule has 0 aliphatic carbocycles. The number of hydrogen-bond acceptors (Lipinski definition) is 4. The largest absolute Gasteiger partial charge is 0.493 e. The maximum Gasteiger partial charge on any atom is 0.243 e. The van der Waals surface area contributed by atoms with E-state index in [1.165, 1.54) is 0 Å². The van der Waals surface area contributed by atoms with Gasteiger partial charge in [-0.15, -0.1) is 0 Å². The van der Waals surface area contributed by atoms with E-state index in [1.807, 2.05) is 49.4 Å². The molecule has 0 atom stereocenters. The Bertz CT molecular complexity index is 754. The molecular weight excluding hydrogens is 340 g/mol. The molecule has 2 rings (SSSR count). The molecule has 1 amide bonds. The number of amides is 1. The third kappa shape index (κ3) is 7.86. The fraction of sp³-hybridized carbons (Fsp3) is 0.318. The number of carbonyl (C=O) groups excluding carboxylic acids is 1. The van der Waals surface area contributed by atoms with Crippen LogP contribution < -0.4 is 20.1 Å². The monoisotopic (exact) mass is 368 g/mol. The van der Waals surface area contributed by atoms with E-state index < -0.39 is 0 Å². The van der Waals surface area contributed by atoms with Crippen molar-refractivity contribution < 1.29 is 14.3 Å². The Morgan fingerprint density at radius 1 is 1.04 bits per heavy atom. The molecule has 0 unspecified atom stereocenters. The van der Waals surface area contributed by atoms with Gasteiger partial charge in [-0.3, -0.25) is 4.79 Å². The molecule has 0 bridgehead atoms. The summed E-state index contributed by atoms with van der Waals surface area (Å²) in [6, 6.07) is 14.9. The van der Waals surface area contributed by atoms with Crippen LogP contribution in [0.1, 0.15) is 20.8 Å². The number of benzene rings is 2. The van der Waals surface area contributed by atoms with Gasteiger partial charge < -0.3 is 20.1 Å². The summed E-state index contributed by atoms with van der Waals surface area (Å²) < 4.78 is 11.2. The molecule has 2 aromatic rings. The van der Waals surface area contributed by atoms with Crippen molar-refractivity contribution in [3.63, 3.8) is 0 Å². The van der Waals surface area contributed by atoms with E-state index in [-0.39, 0.29) is 12.5 Å². The normalized spacial score (nSPS) is 10.4. The summed E-state index contributed by atoms with van der Waals surface area (Å²) in [5.41, 5.74) is 2.49. The van der Waals surface area contributed by atoms with Crippen LogP contribution in [0.25, 0.3) is 0 Å². The topological polar surface area (TPSA) is 59.6 Å². The lowest BCUT2D eigenvalue weighted by Gasteiger charge is -2.11. The predicted octanol–water partition coefficient (Wildman–Crippen LogP) is 4.73. The van der Waals surface area contributed by atoms with Crippen molar-refractivity contribution in [3.05, 3.63) is 60.7 Å². The molecule has 144 valence electrons. The van der Waals surface area contributed by atoms with Gasteiger partial charge in [-0.25, -0.2) is 0 Å². The minimum Gasteiger partial charge on any atom is -0.493 e. The van der Waals surface area contributed by atoms with Gasteiger partial charge in [0.15, 0.2) is 0 Å². The molecule has 0 spiro atoms. The molecule has 0 aliphatic heterocycles. The number of hydrogen-bond donors (Lipinski definition) is 2. The summed E-state index contributed by atoms with van der Waals surface area (Å²) in [6.45, 7) is 11.2. The smallest absolute Gasteiger partial charge is 0.243 e. The zero-order chi connectivity index (χ0) is 19.6. The highest BCUT2D eigenvalue weighted by molar-refractivity contribution is 5.93. The highest BCUT2D eigenvalue weighted by Crippen LogP contribution is 2.18. The minimum absolute atomic E-state index is 0.132. The van der Waals surface area contributed by atoms with E-state index in [2.05, 4.69) is 31.1 Å². The first-order valence-corrected chi connectivity index (χ1v) is 9.06. The molecule has 0 heterocycles. The van der Waals surface area contributed by atoms with E-state index in [0.29, 0.717) is 30.6 Å². The Balaban J connectivity index is 1.80. The Morgan fingerprint density at radius 2 is 1.78 bits per heavy atom. The van der Waals surface area contributed by atoms with Gasteiger partial charge in [0.2, 0.25) is 5.91 Å². The van der Waals surface area contributed by atoms with Crippen molar-refractivity contribution in [1.29, 1.82) is 0 Å². The molecule has 27 heavy (non-hydrogen) atoms. The lowest BCUT2D eigenvalue weighted by Crippen LogP contribution is -2.21. The maximum atomic E-state index is 12.2. The molecular formula is C22H28N2O3. The van der Waals surface area contributed by atoms with Crippen LogP contribution in [-0.2, 0) is 4.79 Å². The van der Waals surface area contributed by atoms with Crippen LogP contribution >= 0.6 is 0 Å². The van der Waals surface area contributed by atoms with Crippen LogP contribution in [0.2, 0.25) is 0 Å². The molecule has 0 aromatic heterocycles. The van der Waals surface area contributed by atoms with Crippen LogP contribution in [0.4, 0.5) is 11.4 Å². The fourth-order valence-electron chi connectivity index (χ4n) is 2.19. The van der Waals surface area contributed by atoms with E-state index >= 15 is 0 Å².